The van der Waals surface area contributed by atoms with Crippen LogP contribution in [0.2, 0.25) is 5.02 Å². The van der Waals surface area contributed by atoms with Crippen molar-refractivity contribution in [2.45, 2.75) is 26.0 Å². The molecule has 1 N–H and O–H groups in total. The van der Waals surface area contributed by atoms with E-state index in [1.165, 1.54) is 12.1 Å². The molecule has 19 heavy (non-hydrogen) atoms. The van der Waals surface area contributed by atoms with E-state index in [1.54, 1.807) is 16.9 Å². The molecule has 1 aromatic heterocycles. The largest absolute Gasteiger partial charge is 0.382 e. The number of benzene rings is 1. The molecular formula is C13H13BrClFN2O. The highest BCUT2D eigenvalue weighted by Crippen LogP contribution is 2.31. The minimum Gasteiger partial charge on any atom is -0.382 e. The van der Waals surface area contributed by atoms with Crippen LogP contribution in [0.15, 0.2) is 28.9 Å². The first-order chi connectivity index (χ1) is 8.91. The summed E-state index contributed by atoms with van der Waals surface area (Å²) in [5, 5.41) is 14.6. The zero-order valence-electron chi connectivity index (χ0n) is 10.4. The Balaban J connectivity index is 2.46. The summed E-state index contributed by atoms with van der Waals surface area (Å²) < 4.78 is 15.8. The third-order valence-electron chi connectivity index (χ3n) is 2.79. The molecule has 2 aromatic rings. The first-order valence-electron chi connectivity index (χ1n) is 5.77. The van der Waals surface area contributed by atoms with Crippen LogP contribution in [0, 0.1) is 5.82 Å². The summed E-state index contributed by atoms with van der Waals surface area (Å²) in [6, 6.07) is 4.35. The van der Waals surface area contributed by atoms with Gasteiger partial charge in [0.15, 0.2) is 0 Å². The SMILES string of the molecule is CC(C)n1ncc(Br)c1C(O)c1ccc(Cl)c(F)c1. The van der Waals surface area contributed by atoms with Gasteiger partial charge in [0.2, 0.25) is 0 Å². The maximum absolute atomic E-state index is 13.5. The smallest absolute Gasteiger partial charge is 0.142 e. The molecule has 6 heteroatoms. The van der Waals surface area contributed by atoms with Crippen molar-refractivity contribution in [2.75, 3.05) is 0 Å². The van der Waals surface area contributed by atoms with Crippen molar-refractivity contribution in [3.8, 4) is 0 Å². The van der Waals surface area contributed by atoms with Crippen molar-refractivity contribution in [3.05, 3.63) is 51.0 Å². The molecule has 0 amide bonds. The summed E-state index contributed by atoms with van der Waals surface area (Å²) in [4.78, 5) is 0. The standard InChI is InChI=1S/C13H13BrClFN2O/c1-7(2)18-12(9(14)6-17-18)13(19)8-3-4-10(15)11(16)5-8/h3-7,13,19H,1-2H3. The number of aliphatic hydroxyl groups excluding tert-OH is 1. The second-order valence-corrected chi connectivity index (χ2v) is 5.75. The Morgan fingerprint density at radius 1 is 1.42 bits per heavy atom. The Kier molecular flexibility index (Phi) is 4.28. The van der Waals surface area contributed by atoms with Crippen LogP contribution in [0.25, 0.3) is 0 Å². The lowest BCUT2D eigenvalue weighted by atomic mass is 10.1. The number of hydrogen-bond donors (Lipinski definition) is 1. The van der Waals surface area contributed by atoms with E-state index >= 15 is 0 Å². The van der Waals surface area contributed by atoms with Crippen LogP contribution >= 0.6 is 27.5 Å². The summed E-state index contributed by atoms with van der Waals surface area (Å²) in [7, 11) is 0. The van der Waals surface area contributed by atoms with E-state index in [9.17, 15) is 9.50 Å². The Morgan fingerprint density at radius 3 is 2.68 bits per heavy atom. The molecule has 2 rings (SSSR count). The van der Waals surface area contributed by atoms with Gasteiger partial charge in [0, 0.05) is 6.04 Å². The number of aliphatic hydroxyl groups is 1. The third-order valence-corrected chi connectivity index (χ3v) is 3.71. The van der Waals surface area contributed by atoms with E-state index in [-0.39, 0.29) is 11.1 Å². The number of rotatable bonds is 3. The third kappa shape index (κ3) is 2.83. The predicted octanol–water partition coefficient (Wildman–Crippen LogP) is 4.10. The molecule has 0 saturated heterocycles. The Labute approximate surface area is 124 Å². The van der Waals surface area contributed by atoms with Gasteiger partial charge in [-0.1, -0.05) is 17.7 Å². The lowest BCUT2D eigenvalue weighted by molar-refractivity contribution is 0.203. The molecule has 0 saturated carbocycles. The van der Waals surface area contributed by atoms with Crippen LogP contribution in [-0.2, 0) is 0 Å². The van der Waals surface area contributed by atoms with E-state index in [0.717, 1.165) is 0 Å². The molecule has 0 fully saturated rings. The van der Waals surface area contributed by atoms with Crippen LogP contribution in [0.1, 0.15) is 37.3 Å². The monoisotopic (exact) mass is 346 g/mol. The van der Waals surface area contributed by atoms with Gasteiger partial charge < -0.3 is 5.11 Å². The van der Waals surface area contributed by atoms with E-state index in [0.29, 0.717) is 15.7 Å². The fourth-order valence-corrected chi connectivity index (χ4v) is 2.47. The van der Waals surface area contributed by atoms with Crippen LogP contribution in [-0.4, -0.2) is 14.9 Å². The first-order valence-corrected chi connectivity index (χ1v) is 6.94. The highest BCUT2D eigenvalue weighted by atomic mass is 79.9. The topological polar surface area (TPSA) is 38.0 Å². The van der Waals surface area contributed by atoms with Gasteiger partial charge in [0.1, 0.15) is 11.9 Å². The second-order valence-electron chi connectivity index (χ2n) is 4.49. The highest BCUT2D eigenvalue weighted by Gasteiger charge is 2.21. The van der Waals surface area contributed by atoms with Crippen molar-refractivity contribution in [2.24, 2.45) is 0 Å². The molecule has 1 atom stereocenters. The summed E-state index contributed by atoms with van der Waals surface area (Å²) in [5.41, 5.74) is 1.03. The van der Waals surface area contributed by atoms with Gasteiger partial charge in [0.25, 0.3) is 0 Å². The Bertz CT molecular complexity index is 600. The molecule has 0 aliphatic heterocycles. The minimum absolute atomic E-state index is 0.0346. The average molecular weight is 348 g/mol. The van der Waals surface area contributed by atoms with Gasteiger partial charge in [0.05, 0.1) is 21.4 Å². The van der Waals surface area contributed by atoms with Gasteiger partial charge in [-0.05, 0) is 47.5 Å². The molecule has 3 nitrogen and oxygen atoms in total. The van der Waals surface area contributed by atoms with E-state index in [1.807, 2.05) is 13.8 Å². The first kappa shape index (κ1) is 14.5. The summed E-state index contributed by atoms with van der Waals surface area (Å²) in [6.45, 7) is 3.91. The van der Waals surface area contributed by atoms with Gasteiger partial charge >= 0.3 is 0 Å². The van der Waals surface area contributed by atoms with Gasteiger partial charge in [-0.25, -0.2) is 4.39 Å². The average Bonchev–Trinajstić information content (AvgIpc) is 2.74. The van der Waals surface area contributed by atoms with Crippen LogP contribution in [0.3, 0.4) is 0 Å². The highest BCUT2D eigenvalue weighted by molar-refractivity contribution is 9.10. The molecule has 1 heterocycles. The van der Waals surface area contributed by atoms with Crippen LogP contribution in [0.5, 0.6) is 0 Å². The molecule has 1 unspecified atom stereocenters. The number of hydrogen-bond acceptors (Lipinski definition) is 2. The fourth-order valence-electron chi connectivity index (χ4n) is 1.86. The molecule has 1 aromatic carbocycles. The molecule has 0 spiro atoms. The van der Waals surface area contributed by atoms with Gasteiger partial charge in [-0.2, -0.15) is 5.10 Å². The molecule has 0 bridgehead atoms. The van der Waals surface area contributed by atoms with Crippen molar-refractivity contribution in [3.63, 3.8) is 0 Å². The zero-order valence-corrected chi connectivity index (χ0v) is 12.8. The van der Waals surface area contributed by atoms with E-state index < -0.39 is 11.9 Å². The van der Waals surface area contributed by atoms with Crippen molar-refractivity contribution in [1.29, 1.82) is 0 Å². The van der Waals surface area contributed by atoms with Crippen molar-refractivity contribution >= 4 is 27.5 Å². The van der Waals surface area contributed by atoms with Gasteiger partial charge in [-0.3, -0.25) is 4.68 Å². The quantitative estimate of drug-likeness (QED) is 0.907. The lowest BCUT2D eigenvalue weighted by Gasteiger charge is -2.17. The zero-order chi connectivity index (χ0) is 14.2. The number of halogens is 3. The molecule has 0 radical (unpaired) electrons. The number of aromatic nitrogens is 2. The second kappa shape index (κ2) is 5.61. The van der Waals surface area contributed by atoms with Crippen molar-refractivity contribution in [1.82, 2.24) is 9.78 Å². The summed E-state index contributed by atoms with van der Waals surface area (Å²) in [6.07, 6.45) is 0.649. The van der Waals surface area contributed by atoms with Crippen LogP contribution in [0.4, 0.5) is 4.39 Å². The minimum atomic E-state index is -0.967. The Morgan fingerprint density at radius 2 is 2.11 bits per heavy atom. The van der Waals surface area contributed by atoms with E-state index in [4.69, 9.17) is 11.6 Å². The number of nitrogens with zero attached hydrogens (tertiary/aromatic N) is 2. The predicted molar refractivity (Wildman–Crippen MR) is 75.8 cm³/mol. The molecule has 0 aliphatic carbocycles. The molecular weight excluding hydrogens is 335 g/mol. The van der Waals surface area contributed by atoms with Crippen LogP contribution < -0.4 is 0 Å². The van der Waals surface area contributed by atoms with Gasteiger partial charge in [-0.15, -0.1) is 0 Å². The van der Waals surface area contributed by atoms with Crippen molar-refractivity contribution < 1.29 is 9.50 Å². The van der Waals surface area contributed by atoms with E-state index in [2.05, 4.69) is 21.0 Å². The maximum Gasteiger partial charge on any atom is 0.142 e. The maximum atomic E-state index is 13.5. The summed E-state index contributed by atoms with van der Waals surface area (Å²) >= 11 is 8.99. The Hall–Kier alpha value is -0.910. The molecule has 102 valence electrons. The molecule has 0 aliphatic rings. The fraction of sp³-hybridized carbons (Fsp3) is 0.308. The lowest BCUT2D eigenvalue weighted by Crippen LogP contribution is -2.12. The normalized spacial score (nSPS) is 13.0. The summed E-state index contributed by atoms with van der Waals surface area (Å²) in [5.74, 6) is -0.551.